The summed E-state index contributed by atoms with van der Waals surface area (Å²) in [5.41, 5.74) is 4.48. The molecule has 3 rings (SSSR count). The second-order valence-electron chi connectivity index (χ2n) is 12.8. The quantitative estimate of drug-likeness (QED) is 0.330. The molecule has 1 saturated heterocycles. The molecular weight excluding hydrogens is 420 g/mol. The van der Waals surface area contributed by atoms with Crippen molar-refractivity contribution in [1.82, 2.24) is 0 Å². The van der Waals surface area contributed by atoms with Gasteiger partial charge in [0.05, 0.1) is 12.2 Å². The smallest absolute Gasteiger partial charge is 0.184 e. The van der Waals surface area contributed by atoms with Crippen molar-refractivity contribution in [3.8, 4) is 0 Å². The third-order valence-corrected chi connectivity index (χ3v) is 9.49. The van der Waals surface area contributed by atoms with Crippen LogP contribution >= 0.6 is 0 Å². The summed E-state index contributed by atoms with van der Waals surface area (Å²) in [5.74, 6) is 2.27. The van der Waals surface area contributed by atoms with E-state index in [-0.39, 0.29) is 5.60 Å². The lowest BCUT2D eigenvalue weighted by Gasteiger charge is -2.42. The molecule has 1 heterocycles. The van der Waals surface area contributed by atoms with Crippen LogP contribution in [0.5, 0.6) is 0 Å². The van der Waals surface area contributed by atoms with Gasteiger partial charge in [0, 0.05) is 6.61 Å². The Morgan fingerprint density at radius 3 is 2.76 bits per heavy atom. The fourth-order valence-electron chi connectivity index (χ4n) is 6.93. The van der Waals surface area contributed by atoms with Gasteiger partial charge in [-0.1, -0.05) is 57.6 Å². The van der Waals surface area contributed by atoms with Crippen molar-refractivity contribution < 1.29 is 9.16 Å². The van der Waals surface area contributed by atoms with Gasteiger partial charge in [0.2, 0.25) is 0 Å². The summed E-state index contributed by atoms with van der Waals surface area (Å²) in [6.07, 6.45) is 19.5. The molecule has 2 fully saturated rings. The van der Waals surface area contributed by atoms with E-state index in [4.69, 9.17) is 9.16 Å². The highest BCUT2D eigenvalue weighted by atomic mass is 28.4. The van der Waals surface area contributed by atoms with Gasteiger partial charge in [0.25, 0.3) is 0 Å². The van der Waals surface area contributed by atoms with Crippen LogP contribution in [0.3, 0.4) is 0 Å². The molecule has 0 unspecified atom stereocenters. The molecule has 0 aromatic rings. The maximum absolute atomic E-state index is 6.45. The first-order chi connectivity index (χ1) is 15.4. The number of ether oxygens (including phenoxy) is 1. The molecule has 0 N–H and O–H groups in total. The Balaban J connectivity index is 1.63. The minimum atomic E-state index is -1.50. The van der Waals surface area contributed by atoms with Gasteiger partial charge in [-0.3, -0.25) is 0 Å². The molecule has 186 valence electrons. The molecule has 0 radical (unpaired) electrons. The summed E-state index contributed by atoms with van der Waals surface area (Å²) < 4.78 is 12.1. The zero-order valence-corrected chi connectivity index (χ0v) is 23.6. The second kappa shape index (κ2) is 10.8. The van der Waals surface area contributed by atoms with Crippen molar-refractivity contribution >= 4 is 8.32 Å². The molecule has 1 saturated carbocycles. The van der Waals surface area contributed by atoms with Crippen LogP contribution in [0.25, 0.3) is 0 Å². The first-order valence-electron chi connectivity index (χ1n) is 13.4. The molecule has 4 atom stereocenters. The van der Waals surface area contributed by atoms with Crippen molar-refractivity contribution in [3.63, 3.8) is 0 Å². The Kier molecular flexibility index (Phi) is 8.73. The van der Waals surface area contributed by atoms with E-state index < -0.39 is 8.32 Å². The van der Waals surface area contributed by atoms with E-state index in [1.807, 2.05) is 0 Å². The number of allylic oxidation sites excluding steroid dienone is 5. The van der Waals surface area contributed by atoms with E-state index in [9.17, 15) is 0 Å². The van der Waals surface area contributed by atoms with Crippen LogP contribution in [0.1, 0.15) is 79.1 Å². The van der Waals surface area contributed by atoms with Crippen molar-refractivity contribution in [2.75, 3.05) is 13.2 Å². The highest BCUT2D eigenvalue weighted by Crippen LogP contribution is 2.58. The van der Waals surface area contributed by atoms with E-state index >= 15 is 0 Å². The van der Waals surface area contributed by atoms with Gasteiger partial charge >= 0.3 is 0 Å². The topological polar surface area (TPSA) is 18.5 Å². The molecule has 3 aliphatic rings. The number of rotatable bonds is 8. The zero-order chi connectivity index (χ0) is 24.3. The first-order valence-corrected chi connectivity index (χ1v) is 16.9. The Bertz CT molecular complexity index is 782. The van der Waals surface area contributed by atoms with Gasteiger partial charge in [-0.2, -0.15) is 0 Å². The van der Waals surface area contributed by atoms with E-state index in [1.165, 1.54) is 49.7 Å². The Morgan fingerprint density at radius 2 is 2.03 bits per heavy atom. The molecule has 0 aromatic carbocycles. The van der Waals surface area contributed by atoms with Crippen LogP contribution in [0, 0.1) is 23.2 Å². The average molecular weight is 471 g/mol. The summed E-state index contributed by atoms with van der Waals surface area (Å²) in [6, 6.07) is 0. The second-order valence-corrected chi connectivity index (χ2v) is 17.2. The fourth-order valence-corrected chi connectivity index (χ4v) is 8.69. The van der Waals surface area contributed by atoms with Crippen LogP contribution in [0.2, 0.25) is 19.6 Å². The highest BCUT2D eigenvalue weighted by molar-refractivity contribution is 6.69. The molecule has 2 aliphatic carbocycles. The first kappa shape index (κ1) is 26.7. The lowest BCUT2D eigenvalue weighted by atomic mass is 9.62. The maximum atomic E-state index is 6.45. The molecular formula is C30H50O2Si. The van der Waals surface area contributed by atoms with Crippen molar-refractivity contribution in [2.24, 2.45) is 23.2 Å². The lowest BCUT2D eigenvalue weighted by Crippen LogP contribution is -2.38. The Labute approximate surface area is 205 Å². The fraction of sp³-hybridized carbons (Fsp3) is 0.733. The Hall–Kier alpha value is -0.903. The summed E-state index contributed by atoms with van der Waals surface area (Å²) >= 11 is 0. The summed E-state index contributed by atoms with van der Waals surface area (Å²) in [6.45, 7) is 22.4. The third kappa shape index (κ3) is 7.05. The van der Waals surface area contributed by atoms with Crippen LogP contribution in [-0.4, -0.2) is 27.1 Å². The minimum Gasteiger partial charge on any atom is -0.413 e. The summed E-state index contributed by atoms with van der Waals surface area (Å²) in [5, 5.41) is 0. The molecule has 0 aromatic heterocycles. The largest absolute Gasteiger partial charge is 0.413 e. The van der Waals surface area contributed by atoms with Crippen molar-refractivity contribution in [1.29, 1.82) is 0 Å². The van der Waals surface area contributed by atoms with Crippen LogP contribution in [0.4, 0.5) is 0 Å². The van der Waals surface area contributed by atoms with E-state index in [1.54, 1.807) is 0 Å². The summed E-state index contributed by atoms with van der Waals surface area (Å²) in [4.78, 5) is 0. The normalized spacial score (nSPS) is 32.3. The number of hydrogen-bond donors (Lipinski definition) is 0. The van der Waals surface area contributed by atoms with E-state index in [2.05, 4.69) is 78.2 Å². The van der Waals surface area contributed by atoms with Crippen LogP contribution in [-0.2, 0) is 9.16 Å². The average Bonchev–Trinajstić information content (AvgIpc) is 2.92. The SMILES string of the molecule is C=C1COCCC/C1=C/C=C1\C=CC[C@]2(C)[C@@H]([C@H](C)CCCC(C)(C)O[Si](C)(C)C)CC[C@@H]12. The molecule has 0 amide bonds. The van der Waals surface area contributed by atoms with Gasteiger partial charge in [0.1, 0.15) is 0 Å². The standard InChI is InChI=1S/C30H50O2Si/c1-23(12-9-19-29(3,4)32-33(6,7)8)27-17-18-28-26(13-10-20-30(27,28)5)16-15-25-14-11-21-31-22-24(25)2/h10,13,15-16,23,27-28H,2,9,11-12,14,17-22H2,1,3-8H3/b25-15-,26-16+/t23-,27-,28+,30-/m1/s1. The molecule has 2 nitrogen and oxygen atoms in total. The monoisotopic (exact) mass is 470 g/mol. The lowest BCUT2D eigenvalue weighted by molar-refractivity contribution is 0.0800. The number of fused-ring (bicyclic) bond motifs is 1. The van der Waals surface area contributed by atoms with Crippen LogP contribution < -0.4 is 0 Å². The zero-order valence-electron chi connectivity index (χ0n) is 22.6. The van der Waals surface area contributed by atoms with Crippen LogP contribution in [0.15, 0.2) is 47.6 Å². The highest BCUT2D eigenvalue weighted by Gasteiger charge is 2.49. The van der Waals surface area contributed by atoms with Gasteiger partial charge in [-0.05, 0) is 112 Å². The predicted molar refractivity (Wildman–Crippen MR) is 145 cm³/mol. The molecule has 1 aliphatic heterocycles. The third-order valence-electron chi connectivity index (χ3n) is 8.33. The molecule has 0 spiro atoms. The Morgan fingerprint density at radius 1 is 1.27 bits per heavy atom. The van der Waals surface area contributed by atoms with Gasteiger partial charge in [0.15, 0.2) is 8.32 Å². The van der Waals surface area contributed by atoms with Crippen molar-refractivity contribution in [3.05, 3.63) is 47.6 Å². The molecule has 0 bridgehead atoms. The van der Waals surface area contributed by atoms with E-state index in [0.717, 1.165) is 36.9 Å². The van der Waals surface area contributed by atoms with E-state index in [0.29, 0.717) is 17.9 Å². The van der Waals surface area contributed by atoms with Gasteiger partial charge < -0.3 is 9.16 Å². The minimum absolute atomic E-state index is 0.0103. The van der Waals surface area contributed by atoms with Gasteiger partial charge in [-0.25, -0.2) is 0 Å². The van der Waals surface area contributed by atoms with Gasteiger partial charge in [-0.15, -0.1) is 0 Å². The maximum Gasteiger partial charge on any atom is 0.184 e. The summed E-state index contributed by atoms with van der Waals surface area (Å²) in [7, 11) is -1.50. The predicted octanol–water partition coefficient (Wildman–Crippen LogP) is 8.63. The molecule has 3 heteroatoms. The van der Waals surface area contributed by atoms with Crippen molar-refractivity contribution in [2.45, 2.75) is 104 Å². The molecule has 33 heavy (non-hydrogen) atoms. The number of hydrogen-bond acceptors (Lipinski definition) is 2.